The van der Waals surface area contributed by atoms with E-state index in [0.29, 0.717) is 28.7 Å². The number of esters is 1. The Morgan fingerprint density at radius 1 is 1.24 bits per heavy atom. The summed E-state index contributed by atoms with van der Waals surface area (Å²) in [5.74, 6) is -2.95. The van der Waals surface area contributed by atoms with Crippen LogP contribution >= 0.6 is 15.9 Å². The number of cyclic esters (lactones) is 1. The van der Waals surface area contributed by atoms with E-state index in [4.69, 9.17) is 13.9 Å². The van der Waals surface area contributed by atoms with Gasteiger partial charge in [-0.2, -0.15) is 0 Å². The van der Waals surface area contributed by atoms with Crippen molar-refractivity contribution in [2.75, 3.05) is 25.0 Å². The maximum Gasteiger partial charge on any atom is 0.411 e. The molecule has 262 valence electrons. The van der Waals surface area contributed by atoms with Crippen LogP contribution < -0.4 is 10.6 Å². The molecule has 5 unspecified atom stereocenters. The van der Waals surface area contributed by atoms with Gasteiger partial charge in [-0.05, 0) is 53.9 Å². The third kappa shape index (κ3) is 11.2. The number of anilines is 1. The van der Waals surface area contributed by atoms with Gasteiger partial charge in [0, 0.05) is 31.3 Å². The van der Waals surface area contributed by atoms with Crippen molar-refractivity contribution in [3.05, 3.63) is 76.7 Å². The Hall–Kier alpha value is -4.63. The Balaban J connectivity index is 1.54. The zero-order valence-electron chi connectivity index (χ0n) is 27.5. The number of Topliss-reactive ketones (excluding diaryl/α,β-unsaturated/α-hetero) is 1. The SMILES string of the molecule is CC1=CC(O)CC(=O)Cc2nc(co2)C(=O)N2CCCC2C(=O)OC(C(C)COC(=O)Nc2ccc(Br)nc2)C(C)/C=C/C(=O)NCC=C1. The predicted octanol–water partition coefficient (Wildman–Crippen LogP) is 3.92. The zero-order valence-corrected chi connectivity index (χ0v) is 29.1. The normalized spacial score (nSPS) is 24.3. The van der Waals surface area contributed by atoms with E-state index in [9.17, 15) is 29.1 Å². The molecule has 4 heterocycles. The quantitative estimate of drug-likeness (QED) is 0.304. The van der Waals surface area contributed by atoms with Crippen molar-refractivity contribution >= 4 is 51.3 Å². The largest absolute Gasteiger partial charge is 0.460 e. The molecule has 1 fully saturated rings. The highest BCUT2D eigenvalue weighted by Crippen LogP contribution is 2.26. The number of aliphatic hydroxyl groups is 1. The second-order valence-electron chi connectivity index (χ2n) is 12.0. The Kier molecular flexibility index (Phi) is 13.4. The Bertz CT molecular complexity index is 1600. The summed E-state index contributed by atoms with van der Waals surface area (Å²) >= 11 is 3.24. The summed E-state index contributed by atoms with van der Waals surface area (Å²) in [7, 11) is 0. The first kappa shape index (κ1) is 37.2. The number of amides is 3. The molecular weight excluding hydrogens is 702 g/mol. The second-order valence-corrected chi connectivity index (χ2v) is 12.8. The molecule has 2 aliphatic rings. The third-order valence-corrected chi connectivity index (χ3v) is 8.37. The number of rotatable bonds is 4. The number of nitrogens with one attached hydrogen (secondary N) is 2. The van der Waals surface area contributed by atoms with Crippen molar-refractivity contribution in [3.63, 3.8) is 0 Å². The molecule has 0 aromatic carbocycles. The van der Waals surface area contributed by atoms with Gasteiger partial charge in [0.2, 0.25) is 11.8 Å². The van der Waals surface area contributed by atoms with E-state index in [2.05, 4.69) is 36.5 Å². The fraction of sp³-hybridized carbons (Fsp3) is 0.441. The number of fused-ring (bicyclic) bond motifs is 3. The number of hydrogen-bond donors (Lipinski definition) is 3. The van der Waals surface area contributed by atoms with Crippen LogP contribution in [0.3, 0.4) is 0 Å². The predicted molar refractivity (Wildman–Crippen MR) is 180 cm³/mol. The summed E-state index contributed by atoms with van der Waals surface area (Å²) < 4.78 is 17.4. The van der Waals surface area contributed by atoms with Gasteiger partial charge in [0.15, 0.2) is 5.69 Å². The van der Waals surface area contributed by atoms with E-state index < -0.39 is 54.0 Å². The van der Waals surface area contributed by atoms with Gasteiger partial charge in [0.05, 0.1) is 31.0 Å². The van der Waals surface area contributed by atoms with Crippen LogP contribution in [0.2, 0.25) is 0 Å². The van der Waals surface area contributed by atoms with Gasteiger partial charge < -0.3 is 29.2 Å². The molecule has 3 N–H and O–H groups in total. The molecule has 5 atom stereocenters. The lowest BCUT2D eigenvalue weighted by Gasteiger charge is -2.30. The molecule has 2 aromatic rings. The number of pyridine rings is 1. The van der Waals surface area contributed by atoms with Crippen molar-refractivity contribution in [1.29, 1.82) is 0 Å². The van der Waals surface area contributed by atoms with Crippen LogP contribution in [0.5, 0.6) is 0 Å². The summed E-state index contributed by atoms with van der Waals surface area (Å²) in [5.41, 5.74) is 1.05. The highest BCUT2D eigenvalue weighted by molar-refractivity contribution is 9.10. The first-order chi connectivity index (χ1) is 23.4. The summed E-state index contributed by atoms with van der Waals surface area (Å²) in [6, 6.07) is 2.39. The van der Waals surface area contributed by atoms with E-state index in [0.717, 1.165) is 6.26 Å². The number of halogens is 1. The van der Waals surface area contributed by atoms with E-state index in [-0.39, 0.29) is 49.9 Å². The van der Waals surface area contributed by atoms with Crippen molar-refractivity contribution in [2.45, 2.75) is 64.7 Å². The number of aromatic nitrogens is 2. The lowest BCUT2D eigenvalue weighted by molar-refractivity contribution is -0.159. The molecule has 2 bridgehead atoms. The maximum absolute atomic E-state index is 13.6. The average Bonchev–Trinajstić information content (AvgIpc) is 3.74. The number of aliphatic hydroxyl groups excluding tert-OH is 1. The highest BCUT2D eigenvalue weighted by Gasteiger charge is 2.39. The fourth-order valence-corrected chi connectivity index (χ4v) is 5.69. The number of ketones is 1. The van der Waals surface area contributed by atoms with Gasteiger partial charge >= 0.3 is 12.1 Å². The standard InChI is InChI=1S/C34H40BrN5O9/c1-20-6-4-12-36-29(43)11-8-21(2)31(22(3)18-48-34(46)38-23-9-10-28(35)37-17-23)49-33(45)27-7-5-13-40(27)32(44)26-19-47-30(39-26)16-25(42)15-24(41)14-20/h4,6,8-11,14,17,19,21-22,24,27,31,41H,5,7,12-13,15-16,18H2,1-3H3,(H,36,43)(H,38,46)/b6-4?,11-8+,20-14?. The number of allylic oxidation sites excluding steroid dienone is 2. The van der Waals surface area contributed by atoms with Crippen molar-refractivity contribution in [3.8, 4) is 0 Å². The lowest BCUT2D eigenvalue weighted by Crippen LogP contribution is -2.44. The Morgan fingerprint density at radius 2 is 2.04 bits per heavy atom. The molecule has 0 saturated carbocycles. The van der Waals surface area contributed by atoms with Gasteiger partial charge in [-0.1, -0.05) is 43.7 Å². The number of carbonyl (C=O) groups excluding carboxylic acids is 5. The number of nitrogens with zero attached hydrogens (tertiary/aromatic N) is 3. The molecule has 1 saturated heterocycles. The Morgan fingerprint density at radius 3 is 2.80 bits per heavy atom. The first-order valence-electron chi connectivity index (χ1n) is 15.9. The van der Waals surface area contributed by atoms with Crippen molar-refractivity contribution in [2.24, 2.45) is 11.8 Å². The molecule has 15 heteroatoms. The van der Waals surface area contributed by atoms with Crippen LogP contribution in [-0.2, 0) is 30.3 Å². The van der Waals surface area contributed by atoms with Crippen LogP contribution in [0.25, 0.3) is 0 Å². The molecule has 0 aliphatic carbocycles. The maximum atomic E-state index is 13.6. The third-order valence-electron chi connectivity index (χ3n) is 7.91. The van der Waals surface area contributed by atoms with E-state index in [1.807, 2.05) is 0 Å². The first-order valence-corrected chi connectivity index (χ1v) is 16.7. The summed E-state index contributed by atoms with van der Waals surface area (Å²) in [4.78, 5) is 74.3. The number of carbonyl (C=O) groups is 5. The van der Waals surface area contributed by atoms with Crippen LogP contribution in [0.15, 0.2) is 69.6 Å². The van der Waals surface area contributed by atoms with Gasteiger partial charge in [-0.25, -0.2) is 19.6 Å². The summed E-state index contributed by atoms with van der Waals surface area (Å²) in [6.07, 6.45) is 8.31. The van der Waals surface area contributed by atoms with Gasteiger partial charge in [0.25, 0.3) is 5.91 Å². The molecule has 0 spiro atoms. The molecule has 2 aromatic heterocycles. The van der Waals surface area contributed by atoms with Gasteiger partial charge in [0.1, 0.15) is 28.8 Å². The molecule has 14 nitrogen and oxygen atoms in total. The minimum absolute atomic E-state index is 0.0172. The minimum Gasteiger partial charge on any atom is -0.460 e. The van der Waals surface area contributed by atoms with Crippen molar-refractivity contribution in [1.82, 2.24) is 20.2 Å². The topological polar surface area (TPSA) is 190 Å². The fourth-order valence-electron chi connectivity index (χ4n) is 5.46. The van der Waals surface area contributed by atoms with Crippen LogP contribution in [0, 0.1) is 11.8 Å². The second kappa shape index (κ2) is 17.7. The van der Waals surface area contributed by atoms with E-state index in [1.165, 1.54) is 23.2 Å². The monoisotopic (exact) mass is 741 g/mol. The molecule has 2 aliphatic heterocycles. The number of ether oxygens (including phenoxy) is 2. The highest BCUT2D eigenvalue weighted by atomic mass is 79.9. The van der Waals surface area contributed by atoms with E-state index in [1.54, 1.807) is 51.1 Å². The van der Waals surface area contributed by atoms with Gasteiger partial charge in [-0.15, -0.1) is 0 Å². The zero-order chi connectivity index (χ0) is 35.5. The summed E-state index contributed by atoms with van der Waals surface area (Å²) in [5, 5.41) is 15.7. The minimum atomic E-state index is -1.05. The summed E-state index contributed by atoms with van der Waals surface area (Å²) in [6.45, 7) is 5.61. The van der Waals surface area contributed by atoms with Crippen LogP contribution in [-0.4, -0.2) is 87.6 Å². The molecule has 3 amide bonds. The molecule has 49 heavy (non-hydrogen) atoms. The van der Waals surface area contributed by atoms with Crippen LogP contribution in [0.1, 0.15) is 56.4 Å². The number of hydrogen-bond acceptors (Lipinski definition) is 11. The van der Waals surface area contributed by atoms with Gasteiger partial charge in [-0.3, -0.25) is 19.7 Å². The van der Waals surface area contributed by atoms with Crippen molar-refractivity contribution < 1.29 is 43.0 Å². The molecule has 4 rings (SSSR count). The lowest BCUT2D eigenvalue weighted by atomic mass is 9.93. The van der Waals surface area contributed by atoms with E-state index >= 15 is 0 Å². The molecular formula is C34H40BrN5O9. The molecule has 0 radical (unpaired) electrons. The smallest absolute Gasteiger partial charge is 0.411 e. The Labute approximate surface area is 292 Å². The number of oxazole rings is 1. The average molecular weight is 743 g/mol. The van der Waals surface area contributed by atoms with Crippen LogP contribution in [0.4, 0.5) is 10.5 Å².